The maximum atomic E-state index is 10.6. The zero-order valence-corrected chi connectivity index (χ0v) is 9.75. The minimum Gasteiger partial charge on any atom is -0.476 e. The van der Waals surface area contributed by atoms with Gasteiger partial charge in [0.05, 0.1) is 0 Å². The Labute approximate surface area is 99.7 Å². The van der Waals surface area contributed by atoms with Crippen LogP contribution in [0.2, 0.25) is 0 Å². The molecular weight excluding hydrogens is 307 g/mol. The Morgan fingerprint density at radius 3 is 2.53 bits per heavy atom. The summed E-state index contributed by atoms with van der Waals surface area (Å²) in [6.07, 6.45) is 2.98. The molecule has 1 aromatic heterocycles. The highest BCUT2D eigenvalue weighted by atomic mass is 127. The van der Waals surface area contributed by atoms with E-state index in [1.54, 1.807) is 4.57 Å². The van der Waals surface area contributed by atoms with Crippen LogP contribution in [0.5, 0.6) is 0 Å². The van der Waals surface area contributed by atoms with Gasteiger partial charge in [0.25, 0.3) is 0 Å². The number of aromatic nitrogens is 2. The molecule has 2 rings (SSSR count). The Balaban J connectivity index is 2.37. The normalized spacial score (nSPS) is 10.2. The van der Waals surface area contributed by atoms with Crippen LogP contribution in [0.15, 0.2) is 36.8 Å². The number of hydrogen-bond acceptors (Lipinski definition) is 2. The minimum atomic E-state index is -1.01. The lowest BCUT2D eigenvalue weighted by Gasteiger charge is -2.00. The van der Waals surface area contributed by atoms with Gasteiger partial charge < -0.3 is 9.67 Å². The SMILES string of the molecule is O=C(O)c1cn(-c2ccc(I)cc2)cn1. The third kappa shape index (κ3) is 2.17. The van der Waals surface area contributed by atoms with E-state index in [2.05, 4.69) is 27.6 Å². The standard InChI is InChI=1S/C10H7IN2O2/c11-7-1-3-8(4-2-7)13-5-9(10(14)15)12-6-13/h1-6H,(H,14,15). The molecule has 0 aliphatic heterocycles. The molecule has 0 aliphatic rings. The highest BCUT2D eigenvalue weighted by Gasteiger charge is 2.06. The van der Waals surface area contributed by atoms with Crippen LogP contribution in [0, 0.1) is 3.57 Å². The van der Waals surface area contributed by atoms with E-state index in [4.69, 9.17) is 5.11 Å². The smallest absolute Gasteiger partial charge is 0.356 e. The molecule has 1 N–H and O–H groups in total. The maximum Gasteiger partial charge on any atom is 0.356 e. The van der Waals surface area contributed by atoms with Crippen LogP contribution >= 0.6 is 22.6 Å². The van der Waals surface area contributed by atoms with Crippen LogP contribution in [0.3, 0.4) is 0 Å². The molecule has 0 unspecified atom stereocenters. The molecule has 2 aromatic rings. The maximum absolute atomic E-state index is 10.6. The Kier molecular flexibility index (Phi) is 2.72. The number of aromatic carboxylic acids is 1. The van der Waals surface area contributed by atoms with E-state index < -0.39 is 5.97 Å². The summed E-state index contributed by atoms with van der Waals surface area (Å²) in [6, 6.07) is 7.73. The lowest BCUT2D eigenvalue weighted by molar-refractivity contribution is 0.0691. The molecule has 0 spiro atoms. The molecule has 0 saturated heterocycles. The lowest BCUT2D eigenvalue weighted by atomic mass is 10.3. The monoisotopic (exact) mass is 314 g/mol. The van der Waals surface area contributed by atoms with E-state index >= 15 is 0 Å². The molecule has 5 heteroatoms. The minimum absolute atomic E-state index is 0.0496. The molecule has 0 saturated carbocycles. The predicted octanol–water partition coefficient (Wildman–Crippen LogP) is 2.18. The van der Waals surface area contributed by atoms with Crippen molar-refractivity contribution in [2.24, 2.45) is 0 Å². The highest BCUT2D eigenvalue weighted by Crippen LogP contribution is 2.11. The highest BCUT2D eigenvalue weighted by molar-refractivity contribution is 14.1. The third-order valence-corrected chi connectivity index (χ3v) is 2.65. The largest absolute Gasteiger partial charge is 0.476 e. The zero-order valence-electron chi connectivity index (χ0n) is 7.59. The van der Waals surface area contributed by atoms with Crippen LogP contribution in [0.1, 0.15) is 10.5 Å². The van der Waals surface area contributed by atoms with Crippen molar-refractivity contribution >= 4 is 28.6 Å². The van der Waals surface area contributed by atoms with E-state index in [-0.39, 0.29) is 5.69 Å². The fraction of sp³-hybridized carbons (Fsp3) is 0. The molecule has 1 heterocycles. The summed E-state index contributed by atoms with van der Waals surface area (Å²) < 4.78 is 2.81. The van der Waals surface area contributed by atoms with Crippen molar-refractivity contribution in [3.63, 3.8) is 0 Å². The fourth-order valence-corrected chi connectivity index (χ4v) is 1.55. The number of benzene rings is 1. The number of rotatable bonds is 2. The van der Waals surface area contributed by atoms with Gasteiger partial charge in [0.15, 0.2) is 5.69 Å². The second-order valence-corrected chi connectivity index (χ2v) is 4.19. The van der Waals surface area contributed by atoms with Crippen LogP contribution in [-0.2, 0) is 0 Å². The topological polar surface area (TPSA) is 55.1 Å². The molecule has 0 fully saturated rings. The first-order valence-electron chi connectivity index (χ1n) is 4.20. The second kappa shape index (κ2) is 4.01. The summed E-state index contributed by atoms with van der Waals surface area (Å²) in [6.45, 7) is 0. The van der Waals surface area contributed by atoms with Gasteiger partial charge in [-0.15, -0.1) is 0 Å². The molecule has 0 aliphatic carbocycles. The Hall–Kier alpha value is -1.37. The molecule has 15 heavy (non-hydrogen) atoms. The molecule has 4 nitrogen and oxygen atoms in total. The first-order valence-corrected chi connectivity index (χ1v) is 5.28. The molecule has 0 atom stereocenters. The van der Waals surface area contributed by atoms with Crippen molar-refractivity contribution in [3.8, 4) is 5.69 Å². The first kappa shape index (κ1) is 10.2. The number of carbonyl (C=O) groups is 1. The first-order chi connectivity index (χ1) is 7.16. The Morgan fingerprint density at radius 2 is 2.00 bits per heavy atom. The van der Waals surface area contributed by atoms with Crippen LogP contribution in [-0.4, -0.2) is 20.6 Å². The van der Waals surface area contributed by atoms with Crippen molar-refractivity contribution in [1.29, 1.82) is 0 Å². The third-order valence-electron chi connectivity index (χ3n) is 1.93. The van der Waals surface area contributed by atoms with Crippen LogP contribution in [0.25, 0.3) is 5.69 Å². The summed E-state index contributed by atoms with van der Waals surface area (Å²) in [7, 11) is 0. The molecule has 76 valence electrons. The van der Waals surface area contributed by atoms with E-state index in [9.17, 15) is 4.79 Å². The van der Waals surface area contributed by atoms with E-state index in [1.165, 1.54) is 12.5 Å². The zero-order chi connectivity index (χ0) is 10.8. The quantitative estimate of drug-likeness (QED) is 0.865. The summed E-state index contributed by atoms with van der Waals surface area (Å²) in [5, 5.41) is 8.71. The van der Waals surface area contributed by atoms with Crippen molar-refractivity contribution in [1.82, 2.24) is 9.55 Å². The van der Waals surface area contributed by atoms with E-state index in [0.29, 0.717) is 0 Å². The van der Waals surface area contributed by atoms with Gasteiger partial charge in [0.1, 0.15) is 6.33 Å². The molecule has 1 aromatic carbocycles. The summed E-state index contributed by atoms with van der Waals surface area (Å²) in [5.41, 5.74) is 0.948. The lowest BCUT2D eigenvalue weighted by Crippen LogP contribution is -1.95. The number of halogens is 1. The Morgan fingerprint density at radius 1 is 1.33 bits per heavy atom. The van der Waals surface area contributed by atoms with Gasteiger partial charge in [0.2, 0.25) is 0 Å². The van der Waals surface area contributed by atoms with Gasteiger partial charge in [-0.05, 0) is 46.9 Å². The number of carboxylic acids is 1. The van der Waals surface area contributed by atoms with Crippen molar-refractivity contribution < 1.29 is 9.90 Å². The van der Waals surface area contributed by atoms with E-state index in [0.717, 1.165) is 9.26 Å². The number of imidazole rings is 1. The summed E-state index contributed by atoms with van der Waals surface area (Å²) >= 11 is 2.21. The number of carboxylic acid groups (broad SMARTS) is 1. The van der Waals surface area contributed by atoms with E-state index in [1.807, 2.05) is 24.3 Å². The van der Waals surface area contributed by atoms with Crippen LogP contribution in [0.4, 0.5) is 0 Å². The predicted molar refractivity (Wildman–Crippen MR) is 63.2 cm³/mol. The van der Waals surface area contributed by atoms with Crippen molar-refractivity contribution in [2.75, 3.05) is 0 Å². The van der Waals surface area contributed by atoms with Crippen molar-refractivity contribution in [3.05, 3.63) is 46.1 Å². The average molecular weight is 314 g/mol. The second-order valence-electron chi connectivity index (χ2n) is 2.95. The van der Waals surface area contributed by atoms with Crippen molar-refractivity contribution in [2.45, 2.75) is 0 Å². The summed E-state index contributed by atoms with van der Waals surface area (Å²) in [4.78, 5) is 14.4. The molecule has 0 radical (unpaired) electrons. The summed E-state index contributed by atoms with van der Waals surface area (Å²) in [5.74, 6) is -1.01. The van der Waals surface area contributed by atoms with Crippen LogP contribution < -0.4 is 0 Å². The fourth-order valence-electron chi connectivity index (χ4n) is 1.19. The molecule has 0 bridgehead atoms. The van der Waals surface area contributed by atoms with Gasteiger partial charge in [-0.1, -0.05) is 0 Å². The Bertz CT molecular complexity index is 490. The van der Waals surface area contributed by atoms with Gasteiger partial charge in [-0.2, -0.15) is 0 Å². The van der Waals surface area contributed by atoms with Gasteiger partial charge in [0, 0.05) is 15.5 Å². The average Bonchev–Trinajstić information content (AvgIpc) is 2.68. The van der Waals surface area contributed by atoms with Gasteiger partial charge in [-0.3, -0.25) is 0 Å². The number of nitrogens with zero attached hydrogens (tertiary/aromatic N) is 2. The van der Waals surface area contributed by atoms with Gasteiger partial charge >= 0.3 is 5.97 Å². The number of hydrogen-bond donors (Lipinski definition) is 1. The molecule has 0 amide bonds. The molecular formula is C10H7IN2O2. The van der Waals surface area contributed by atoms with Gasteiger partial charge in [-0.25, -0.2) is 9.78 Å².